The lowest BCUT2D eigenvalue weighted by molar-refractivity contribution is -0.115. The Bertz CT molecular complexity index is 1760. The van der Waals surface area contributed by atoms with Crippen molar-refractivity contribution in [3.8, 4) is 11.4 Å². The highest BCUT2D eigenvalue weighted by Crippen LogP contribution is 2.32. The van der Waals surface area contributed by atoms with E-state index in [1.807, 2.05) is 12.1 Å². The van der Waals surface area contributed by atoms with Crippen LogP contribution in [0.3, 0.4) is 0 Å². The summed E-state index contributed by atoms with van der Waals surface area (Å²) in [6.45, 7) is 10.1. The highest BCUT2D eigenvalue weighted by atomic mass is 35.5. The molecule has 2 heterocycles. The van der Waals surface area contributed by atoms with Crippen molar-refractivity contribution < 1.29 is 13.2 Å². The van der Waals surface area contributed by atoms with Gasteiger partial charge in [0.25, 0.3) is 0 Å². The Balaban J connectivity index is 1.29. The molecule has 10 heteroatoms. The third-order valence-corrected chi connectivity index (χ3v) is 11.8. The number of carbonyl (C=O) groups is 1. The second kappa shape index (κ2) is 18.2. The second-order valence-electron chi connectivity index (χ2n) is 14.4. The van der Waals surface area contributed by atoms with Gasteiger partial charge in [0.1, 0.15) is 10.3 Å². The van der Waals surface area contributed by atoms with Gasteiger partial charge in [0.05, 0.1) is 10.6 Å². The molecule has 2 aromatic carbocycles. The SMILES string of the molecule is CCCCCCCCCCCCCCCc1cccc(S(=O)(=O)C(CC)C(=O)Nc2cccc(-c3nc4c(Cl)c(C(C)(C)C)[nH]n4n3)c2)c1. The van der Waals surface area contributed by atoms with Crippen LogP contribution in [0.25, 0.3) is 17.0 Å². The molecule has 0 radical (unpaired) electrons. The van der Waals surface area contributed by atoms with Gasteiger partial charge in [-0.1, -0.05) is 148 Å². The van der Waals surface area contributed by atoms with Crippen LogP contribution in [0.5, 0.6) is 0 Å². The van der Waals surface area contributed by atoms with Crippen LogP contribution < -0.4 is 5.32 Å². The summed E-state index contributed by atoms with van der Waals surface area (Å²) in [5.74, 6) is -0.131. The summed E-state index contributed by atoms with van der Waals surface area (Å²) in [7, 11) is -3.90. The van der Waals surface area contributed by atoms with Gasteiger partial charge < -0.3 is 5.32 Å². The molecule has 8 nitrogen and oxygen atoms in total. The Hall–Kier alpha value is -3.17. The molecule has 0 saturated heterocycles. The maximum atomic E-state index is 13.7. The summed E-state index contributed by atoms with van der Waals surface area (Å²) in [6.07, 6.45) is 17.8. The van der Waals surface area contributed by atoms with Gasteiger partial charge in [0, 0.05) is 16.7 Å². The van der Waals surface area contributed by atoms with Crippen molar-refractivity contribution in [2.24, 2.45) is 0 Å². The van der Waals surface area contributed by atoms with Crippen LogP contribution in [0.4, 0.5) is 5.69 Å². The van der Waals surface area contributed by atoms with E-state index in [0.29, 0.717) is 27.7 Å². The number of anilines is 1. The van der Waals surface area contributed by atoms with E-state index in [0.717, 1.165) is 30.5 Å². The fourth-order valence-electron chi connectivity index (χ4n) is 6.31. The van der Waals surface area contributed by atoms with E-state index in [-0.39, 0.29) is 16.7 Å². The molecule has 268 valence electrons. The predicted octanol–water partition coefficient (Wildman–Crippen LogP) is 10.5. The van der Waals surface area contributed by atoms with E-state index in [2.05, 4.69) is 48.2 Å². The standard InChI is InChI=1S/C39H56ClN5O3S/c1-6-8-9-10-11-12-13-14-15-16-17-18-19-22-29-23-20-26-32(27-29)49(47,48)33(7-2)38(46)41-31-25-21-24-30(28-31)36-42-37-34(40)35(39(3,4)5)43-45(37)44-36/h20-21,23-28,33,43H,6-19,22H2,1-5H3,(H,41,46). The van der Waals surface area contributed by atoms with Crippen molar-refractivity contribution in [2.45, 2.75) is 146 Å². The molecule has 1 atom stereocenters. The first kappa shape index (κ1) is 38.6. The average Bonchev–Trinajstić information content (AvgIpc) is 3.63. The number of carbonyl (C=O) groups excluding carboxylic acids is 1. The van der Waals surface area contributed by atoms with Crippen LogP contribution in [0.15, 0.2) is 53.4 Å². The highest BCUT2D eigenvalue weighted by Gasteiger charge is 2.33. The zero-order valence-electron chi connectivity index (χ0n) is 30.2. The number of halogens is 1. The third-order valence-electron chi connectivity index (χ3n) is 9.21. The number of benzene rings is 2. The number of H-pyrrole nitrogens is 1. The van der Waals surface area contributed by atoms with Crippen molar-refractivity contribution in [1.82, 2.24) is 19.8 Å². The van der Waals surface area contributed by atoms with Crippen LogP contribution in [0.2, 0.25) is 5.02 Å². The van der Waals surface area contributed by atoms with E-state index in [4.69, 9.17) is 11.6 Å². The molecule has 0 aliphatic rings. The first-order valence-electron chi connectivity index (χ1n) is 18.3. The summed E-state index contributed by atoms with van der Waals surface area (Å²) in [6, 6.07) is 14.2. The van der Waals surface area contributed by atoms with Gasteiger partial charge in [-0.25, -0.2) is 13.4 Å². The lowest BCUT2D eigenvalue weighted by Gasteiger charge is -2.17. The van der Waals surface area contributed by atoms with Gasteiger partial charge in [0.15, 0.2) is 21.3 Å². The zero-order chi connectivity index (χ0) is 35.4. The molecule has 4 rings (SSSR count). The molecule has 49 heavy (non-hydrogen) atoms. The molecule has 0 bridgehead atoms. The maximum absolute atomic E-state index is 13.7. The Kier molecular flexibility index (Phi) is 14.3. The number of aryl methyl sites for hydroxylation is 1. The number of aromatic nitrogens is 4. The summed E-state index contributed by atoms with van der Waals surface area (Å²) >= 11 is 6.60. The Morgan fingerprint density at radius 2 is 1.49 bits per heavy atom. The first-order chi connectivity index (χ1) is 23.5. The molecule has 2 aromatic heterocycles. The van der Waals surface area contributed by atoms with Crippen LogP contribution in [-0.2, 0) is 26.5 Å². The number of fused-ring (bicyclic) bond motifs is 1. The Morgan fingerprint density at radius 1 is 0.878 bits per heavy atom. The summed E-state index contributed by atoms with van der Waals surface area (Å²) in [4.78, 5) is 18.2. The fraction of sp³-hybridized carbons (Fsp3) is 0.564. The monoisotopic (exact) mass is 709 g/mol. The average molecular weight is 710 g/mol. The van der Waals surface area contributed by atoms with E-state index in [1.165, 1.54) is 70.6 Å². The van der Waals surface area contributed by atoms with E-state index >= 15 is 0 Å². The van der Waals surface area contributed by atoms with E-state index in [9.17, 15) is 13.2 Å². The van der Waals surface area contributed by atoms with Crippen LogP contribution in [0, 0.1) is 0 Å². The van der Waals surface area contributed by atoms with Crippen molar-refractivity contribution in [3.63, 3.8) is 0 Å². The molecule has 4 aromatic rings. The van der Waals surface area contributed by atoms with Crippen LogP contribution >= 0.6 is 11.6 Å². The molecular weight excluding hydrogens is 654 g/mol. The Labute approximate surface area is 298 Å². The molecule has 0 fully saturated rings. The zero-order valence-corrected chi connectivity index (χ0v) is 31.7. The number of amides is 1. The van der Waals surface area contributed by atoms with Crippen LogP contribution in [0.1, 0.15) is 136 Å². The first-order valence-corrected chi connectivity index (χ1v) is 20.3. The van der Waals surface area contributed by atoms with E-state index < -0.39 is 21.0 Å². The fourth-order valence-corrected chi connectivity index (χ4v) is 8.45. The van der Waals surface area contributed by atoms with E-state index in [1.54, 1.807) is 48.0 Å². The minimum Gasteiger partial charge on any atom is -0.325 e. The number of aromatic amines is 1. The summed E-state index contributed by atoms with van der Waals surface area (Å²) in [5.41, 5.74) is 3.28. The van der Waals surface area contributed by atoms with Gasteiger partial charge in [-0.05, 0) is 49.1 Å². The van der Waals surface area contributed by atoms with Gasteiger partial charge in [-0.15, -0.1) is 5.10 Å². The minimum atomic E-state index is -3.90. The van der Waals surface area contributed by atoms with Crippen molar-refractivity contribution in [2.75, 3.05) is 5.32 Å². The lowest BCUT2D eigenvalue weighted by atomic mass is 9.92. The summed E-state index contributed by atoms with van der Waals surface area (Å²) < 4.78 is 29.0. The molecule has 0 spiro atoms. The number of nitrogens with zero attached hydrogens (tertiary/aromatic N) is 3. The van der Waals surface area contributed by atoms with Crippen molar-refractivity contribution >= 4 is 38.7 Å². The molecular formula is C39H56ClN5O3S. The van der Waals surface area contributed by atoms with Crippen molar-refractivity contribution in [3.05, 3.63) is 64.8 Å². The second-order valence-corrected chi connectivity index (χ2v) is 16.9. The normalized spacial score (nSPS) is 12.9. The van der Waals surface area contributed by atoms with Crippen LogP contribution in [-0.4, -0.2) is 39.4 Å². The van der Waals surface area contributed by atoms with Gasteiger partial charge in [-0.2, -0.15) is 4.63 Å². The number of nitrogens with one attached hydrogen (secondary N) is 2. The maximum Gasteiger partial charge on any atom is 0.243 e. The molecule has 0 aliphatic carbocycles. The smallest absolute Gasteiger partial charge is 0.243 e. The van der Waals surface area contributed by atoms with Gasteiger partial charge in [0.2, 0.25) is 5.91 Å². The molecule has 0 saturated carbocycles. The Morgan fingerprint density at radius 3 is 2.08 bits per heavy atom. The number of hydrogen-bond donors (Lipinski definition) is 2. The third kappa shape index (κ3) is 10.7. The molecule has 2 N–H and O–H groups in total. The van der Waals surface area contributed by atoms with Gasteiger partial charge >= 0.3 is 0 Å². The summed E-state index contributed by atoms with van der Waals surface area (Å²) in [5, 5.41) is 9.88. The number of rotatable bonds is 20. The highest BCUT2D eigenvalue weighted by molar-refractivity contribution is 7.92. The number of unbranched alkanes of at least 4 members (excludes halogenated alkanes) is 12. The van der Waals surface area contributed by atoms with Crippen molar-refractivity contribution in [1.29, 1.82) is 0 Å². The predicted molar refractivity (Wildman–Crippen MR) is 202 cm³/mol. The molecule has 0 aliphatic heterocycles. The van der Waals surface area contributed by atoms with Gasteiger partial charge in [-0.3, -0.25) is 9.89 Å². The molecule has 1 unspecified atom stereocenters. The quantitative estimate of drug-likeness (QED) is 0.0888. The number of sulfone groups is 1. The molecule has 1 amide bonds. The topological polar surface area (TPSA) is 109 Å². The number of hydrogen-bond acceptors (Lipinski definition) is 5. The largest absolute Gasteiger partial charge is 0.325 e. The lowest BCUT2D eigenvalue weighted by Crippen LogP contribution is -2.34. The minimum absolute atomic E-state index is 0.152.